The molecule has 1 aromatic heterocycles. The summed E-state index contributed by atoms with van der Waals surface area (Å²) in [6.45, 7) is 3.97. The Kier molecular flexibility index (Phi) is 3.29. The van der Waals surface area contributed by atoms with Gasteiger partial charge in [0.05, 0.1) is 5.03 Å². The third-order valence-corrected chi connectivity index (χ3v) is 3.59. The SMILES string of the molecule is Cc1cc(N)c(Sc2cc(=O)[nH]c(=O)[nH]2)cc1C. The zero-order valence-corrected chi connectivity index (χ0v) is 10.9. The van der Waals surface area contributed by atoms with Gasteiger partial charge in [-0.3, -0.25) is 9.78 Å². The van der Waals surface area contributed by atoms with Crippen molar-refractivity contribution in [1.29, 1.82) is 0 Å². The van der Waals surface area contributed by atoms with Crippen molar-refractivity contribution in [2.75, 3.05) is 5.73 Å². The number of aromatic amines is 2. The van der Waals surface area contributed by atoms with Crippen molar-refractivity contribution >= 4 is 17.4 Å². The fourth-order valence-corrected chi connectivity index (χ4v) is 2.48. The Morgan fingerprint density at radius 1 is 1.06 bits per heavy atom. The van der Waals surface area contributed by atoms with Crippen LogP contribution in [0.5, 0.6) is 0 Å². The van der Waals surface area contributed by atoms with Gasteiger partial charge in [0.25, 0.3) is 5.56 Å². The van der Waals surface area contributed by atoms with Gasteiger partial charge in [0.2, 0.25) is 0 Å². The van der Waals surface area contributed by atoms with Crippen LogP contribution in [0.25, 0.3) is 0 Å². The molecule has 0 saturated heterocycles. The number of hydrogen-bond acceptors (Lipinski definition) is 4. The van der Waals surface area contributed by atoms with Gasteiger partial charge < -0.3 is 10.7 Å². The van der Waals surface area contributed by atoms with Crippen LogP contribution in [0.4, 0.5) is 5.69 Å². The number of nitrogen functional groups attached to an aromatic ring is 1. The first kappa shape index (κ1) is 12.5. The average molecular weight is 263 g/mol. The summed E-state index contributed by atoms with van der Waals surface area (Å²) in [6, 6.07) is 5.15. The molecule has 0 bridgehead atoms. The Morgan fingerprint density at radius 2 is 1.72 bits per heavy atom. The smallest absolute Gasteiger partial charge is 0.326 e. The molecule has 0 unspecified atom stereocenters. The maximum Gasteiger partial charge on any atom is 0.326 e. The van der Waals surface area contributed by atoms with Crippen LogP contribution < -0.4 is 17.0 Å². The van der Waals surface area contributed by atoms with E-state index in [2.05, 4.69) is 9.97 Å². The van der Waals surface area contributed by atoms with Gasteiger partial charge in [0, 0.05) is 16.6 Å². The summed E-state index contributed by atoms with van der Waals surface area (Å²) in [5.41, 5.74) is 7.81. The number of H-pyrrole nitrogens is 2. The fraction of sp³-hybridized carbons (Fsp3) is 0.167. The molecule has 94 valence electrons. The normalized spacial score (nSPS) is 10.6. The number of hydrogen-bond donors (Lipinski definition) is 3. The van der Waals surface area contributed by atoms with Crippen molar-refractivity contribution in [3.8, 4) is 0 Å². The van der Waals surface area contributed by atoms with Gasteiger partial charge in [-0.25, -0.2) is 4.79 Å². The Hall–Kier alpha value is -1.95. The predicted molar refractivity (Wildman–Crippen MR) is 72.1 cm³/mol. The molecule has 2 rings (SSSR count). The number of anilines is 1. The van der Waals surface area contributed by atoms with Crippen LogP contribution in [-0.4, -0.2) is 9.97 Å². The number of rotatable bonds is 2. The third kappa shape index (κ3) is 2.65. The summed E-state index contributed by atoms with van der Waals surface area (Å²) in [7, 11) is 0. The van der Waals surface area contributed by atoms with Gasteiger partial charge >= 0.3 is 5.69 Å². The fourth-order valence-electron chi connectivity index (χ4n) is 1.52. The van der Waals surface area contributed by atoms with Crippen LogP contribution in [0.2, 0.25) is 0 Å². The first-order valence-electron chi connectivity index (χ1n) is 5.34. The summed E-state index contributed by atoms with van der Waals surface area (Å²) in [4.78, 5) is 27.8. The van der Waals surface area contributed by atoms with Gasteiger partial charge in [-0.05, 0) is 37.1 Å². The second-order valence-corrected chi connectivity index (χ2v) is 5.11. The molecular weight excluding hydrogens is 250 g/mol. The summed E-state index contributed by atoms with van der Waals surface area (Å²) in [5.74, 6) is 0. The van der Waals surface area contributed by atoms with E-state index in [0.717, 1.165) is 16.0 Å². The minimum Gasteiger partial charge on any atom is -0.398 e. The first-order chi connectivity index (χ1) is 8.45. The van der Waals surface area contributed by atoms with Crippen LogP contribution in [-0.2, 0) is 0 Å². The van der Waals surface area contributed by atoms with Crippen molar-refractivity contribution in [3.05, 3.63) is 50.2 Å². The molecule has 1 heterocycles. The monoisotopic (exact) mass is 263 g/mol. The Balaban J connectivity index is 2.43. The van der Waals surface area contributed by atoms with Crippen molar-refractivity contribution in [2.24, 2.45) is 0 Å². The largest absolute Gasteiger partial charge is 0.398 e. The molecule has 0 aliphatic rings. The highest BCUT2D eigenvalue weighted by atomic mass is 32.2. The highest BCUT2D eigenvalue weighted by molar-refractivity contribution is 7.99. The lowest BCUT2D eigenvalue weighted by molar-refractivity contribution is 0.950. The predicted octanol–water partition coefficient (Wildman–Crippen LogP) is 1.41. The standard InChI is InChI=1S/C12H13N3O2S/c1-6-3-8(13)9(4-7(6)2)18-11-5-10(16)14-12(17)15-11/h3-5H,13H2,1-2H3,(H2,14,15,16,17). The van der Waals surface area contributed by atoms with Crippen LogP contribution in [0.1, 0.15) is 11.1 Å². The van der Waals surface area contributed by atoms with Crippen molar-refractivity contribution in [3.63, 3.8) is 0 Å². The quantitative estimate of drug-likeness (QED) is 0.564. The van der Waals surface area contributed by atoms with E-state index in [1.165, 1.54) is 17.8 Å². The van der Waals surface area contributed by atoms with Gasteiger partial charge in [-0.15, -0.1) is 0 Å². The van der Waals surface area contributed by atoms with Crippen molar-refractivity contribution < 1.29 is 0 Å². The Bertz CT molecular complexity index is 675. The van der Waals surface area contributed by atoms with Gasteiger partial charge in [0.1, 0.15) is 0 Å². The van der Waals surface area contributed by atoms with Gasteiger partial charge in [-0.1, -0.05) is 11.8 Å². The second kappa shape index (κ2) is 4.73. The van der Waals surface area contributed by atoms with Gasteiger partial charge in [-0.2, -0.15) is 0 Å². The van der Waals surface area contributed by atoms with Crippen LogP contribution in [0, 0.1) is 13.8 Å². The van der Waals surface area contributed by atoms with E-state index < -0.39 is 11.2 Å². The molecule has 0 atom stereocenters. The molecule has 2 aromatic rings. The lowest BCUT2D eigenvalue weighted by atomic mass is 10.1. The van der Waals surface area contributed by atoms with E-state index in [9.17, 15) is 9.59 Å². The molecule has 0 saturated carbocycles. The molecule has 5 nitrogen and oxygen atoms in total. The topological polar surface area (TPSA) is 91.7 Å². The minimum atomic E-state index is -0.521. The van der Waals surface area contributed by atoms with Crippen LogP contribution in [0.3, 0.4) is 0 Å². The van der Waals surface area contributed by atoms with Crippen molar-refractivity contribution in [1.82, 2.24) is 9.97 Å². The maximum atomic E-state index is 11.2. The molecule has 0 amide bonds. The molecule has 1 aromatic carbocycles. The summed E-state index contributed by atoms with van der Waals surface area (Å²) in [6.07, 6.45) is 0. The van der Waals surface area contributed by atoms with E-state index in [1.54, 1.807) is 0 Å². The summed E-state index contributed by atoms with van der Waals surface area (Å²) >= 11 is 1.26. The third-order valence-electron chi connectivity index (χ3n) is 2.58. The first-order valence-corrected chi connectivity index (χ1v) is 6.15. The number of aromatic nitrogens is 2. The Labute approximate surface area is 107 Å². The number of nitrogens with two attached hydrogens (primary N) is 1. The molecule has 4 N–H and O–H groups in total. The molecule has 0 radical (unpaired) electrons. The van der Waals surface area contributed by atoms with E-state index in [4.69, 9.17) is 5.73 Å². The van der Waals surface area contributed by atoms with E-state index in [0.29, 0.717) is 10.7 Å². The minimum absolute atomic E-state index is 0.427. The summed E-state index contributed by atoms with van der Waals surface area (Å²) in [5, 5.41) is 0.471. The Morgan fingerprint density at radius 3 is 2.39 bits per heavy atom. The zero-order chi connectivity index (χ0) is 13.3. The van der Waals surface area contributed by atoms with Gasteiger partial charge in [0.15, 0.2) is 0 Å². The highest BCUT2D eigenvalue weighted by Gasteiger charge is 2.06. The van der Waals surface area contributed by atoms with E-state index >= 15 is 0 Å². The number of benzene rings is 1. The molecule has 6 heteroatoms. The lowest BCUT2D eigenvalue weighted by Crippen LogP contribution is -2.21. The van der Waals surface area contributed by atoms with Crippen LogP contribution >= 0.6 is 11.8 Å². The molecule has 0 spiro atoms. The molecule has 0 aliphatic carbocycles. The average Bonchev–Trinajstić information content (AvgIpc) is 2.24. The lowest BCUT2D eigenvalue weighted by Gasteiger charge is -2.08. The molecule has 18 heavy (non-hydrogen) atoms. The second-order valence-electron chi connectivity index (χ2n) is 4.03. The molecule has 0 fully saturated rings. The molecule has 0 aliphatic heterocycles. The summed E-state index contributed by atoms with van der Waals surface area (Å²) < 4.78 is 0. The number of aryl methyl sites for hydroxylation is 2. The van der Waals surface area contributed by atoms with Crippen LogP contribution in [0.15, 0.2) is 37.7 Å². The maximum absolute atomic E-state index is 11.2. The number of nitrogens with one attached hydrogen (secondary N) is 2. The van der Waals surface area contributed by atoms with Crippen molar-refractivity contribution in [2.45, 2.75) is 23.8 Å². The van der Waals surface area contributed by atoms with E-state index in [-0.39, 0.29) is 0 Å². The van der Waals surface area contributed by atoms with E-state index in [1.807, 2.05) is 26.0 Å². The molecular formula is C12H13N3O2S. The zero-order valence-electron chi connectivity index (χ0n) is 10.0. The highest BCUT2D eigenvalue weighted by Crippen LogP contribution is 2.31.